The summed E-state index contributed by atoms with van der Waals surface area (Å²) in [5, 5.41) is 1.65. The zero-order chi connectivity index (χ0) is 14.4. The number of nitrogens with one attached hydrogen (secondary N) is 1. The summed E-state index contributed by atoms with van der Waals surface area (Å²) in [4.78, 5) is 22.4. The van der Waals surface area contributed by atoms with E-state index in [9.17, 15) is 9.59 Å². The van der Waals surface area contributed by atoms with E-state index < -0.39 is 0 Å². The Morgan fingerprint density at radius 2 is 1.95 bits per heavy atom. The lowest BCUT2D eigenvalue weighted by Crippen LogP contribution is -2.25. The molecule has 1 unspecified atom stereocenters. The molecule has 0 bridgehead atoms. The maximum Gasteiger partial charge on any atom is 0.286 e. The fraction of sp³-hybridized carbons (Fsp3) is 0.429. The van der Waals surface area contributed by atoms with Gasteiger partial charge in [0.2, 0.25) is 5.91 Å². The van der Waals surface area contributed by atoms with Crippen molar-refractivity contribution in [2.45, 2.75) is 18.1 Å². The molecule has 1 aromatic carbocycles. The first kappa shape index (κ1) is 14.9. The molecular weight excluding hydrogens is 278 g/mol. The molecule has 1 aromatic rings. The summed E-state index contributed by atoms with van der Waals surface area (Å²) < 4.78 is 10.6. The standard InChI is InChI=1S/C14H17NO4S/c1-18-8-6-10-2-4-11(5-3-10)19-9-7-12-13(16)15-14(17)20-12/h2-5,12H,6-9H2,1H3,(H,15,16,17). The number of amides is 2. The Morgan fingerprint density at radius 3 is 2.55 bits per heavy atom. The summed E-state index contributed by atoms with van der Waals surface area (Å²) in [6.07, 6.45) is 1.39. The van der Waals surface area contributed by atoms with E-state index in [-0.39, 0.29) is 16.4 Å². The molecule has 0 aliphatic carbocycles. The SMILES string of the molecule is COCCc1ccc(OCCC2SC(=O)NC2=O)cc1. The smallest absolute Gasteiger partial charge is 0.286 e. The molecule has 1 aliphatic heterocycles. The van der Waals surface area contributed by atoms with Crippen LogP contribution in [0.15, 0.2) is 24.3 Å². The van der Waals surface area contributed by atoms with Crippen LogP contribution in [-0.4, -0.2) is 36.7 Å². The zero-order valence-corrected chi connectivity index (χ0v) is 12.1. The molecule has 1 heterocycles. The minimum atomic E-state index is -0.330. The van der Waals surface area contributed by atoms with Crippen molar-refractivity contribution in [1.82, 2.24) is 5.32 Å². The van der Waals surface area contributed by atoms with Gasteiger partial charge < -0.3 is 9.47 Å². The molecule has 0 saturated carbocycles. The number of rotatable bonds is 7. The number of thioether (sulfide) groups is 1. The van der Waals surface area contributed by atoms with Crippen molar-refractivity contribution in [3.8, 4) is 5.75 Å². The highest BCUT2D eigenvalue weighted by Crippen LogP contribution is 2.22. The van der Waals surface area contributed by atoms with Gasteiger partial charge in [-0.05, 0) is 24.1 Å². The summed E-state index contributed by atoms with van der Waals surface area (Å²) in [6, 6.07) is 7.79. The molecule has 6 heteroatoms. The molecule has 108 valence electrons. The van der Waals surface area contributed by atoms with Gasteiger partial charge in [0.15, 0.2) is 0 Å². The lowest BCUT2D eigenvalue weighted by atomic mass is 10.1. The Hall–Kier alpha value is -1.53. The van der Waals surface area contributed by atoms with Crippen LogP contribution in [-0.2, 0) is 16.0 Å². The second-order valence-electron chi connectivity index (χ2n) is 4.41. The number of hydrogen-bond acceptors (Lipinski definition) is 5. The lowest BCUT2D eigenvalue weighted by Gasteiger charge is -2.08. The van der Waals surface area contributed by atoms with E-state index in [4.69, 9.17) is 9.47 Å². The highest BCUT2D eigenvalue weighted by atomic mass is 32.2. The Balaban J connectivity index is 1.74. The third-order valence-corrected chi connectivity index (χ3v) is 3.98. The molecule has 1 saturated heterocycles. The van der Waals surface area contributed by atoms with Gasteiger partial charge in [-0.3, -0.25) is 14.9 Å². The summed E-state index contributed by atoms with van der Waals surface area (Å²) in [5.41, 5.74) is 1.19. The molecule has 20 heavy (non-hydrogen) atoms. The van der Waals surface area contributed by atoms with E-state index >= 15 is 0 Å². The average Bonchev–Trinajstić information content (AvgIpc) is 2.76. The van der Waals surface area contributed by atoms with Crippen LogP contribution < -0.4 is 10.1 Å². The van der Waals surface area contributed by atoms with Crippen molar-refractivity contribution in [3.05, 3.63) is 29.8 Å². The van der Waals surface area contributed by atoms with Crippen molar-refractivity contribution >= 4 is 22.9 Å². The molecule has 0 spiro atoms. The molecule has 1 aliphatic rings. The van der Waals surface area contributed by atoms with Crippen LogP contribution in [0.1, 0.15) is 12.0 Å². The minimum Gasteiger partial charge on any atom is -0.494 e. The van der Waals surface area contributed by atoms with Crippen LogP contribution in [0.3, 0.4) is 0 Å². The molecule has 0 radical (unpaired) electrons. The number of carbonyl (C=O) groups is 2. The molecule has 5 nitrogen and oxygen atoms in total. The van der Waals surface area contributed by atoms with Crippen LogP contribution >= 0.6 is 11.8 Å². The van der Waals surface area contributed by atoms with Gasteiger partial charge in [0.1, 0.15) is 5.75 Å². The maximum atomic E-state index is 11.4. The number of methoxy groups -OCH3 is 1. The lowest BCUT2D eigenvalue weighted by molar-refractivity contribution is -0.119. The highest BCUT2D eigenvalue weighted by Gasteiger charge is 2.31. The number of carbonyl (C=O) groups excluding carboxylic acids is 2. The van der Waals surface area contributed by atoms with Gasteiger partial charge >= 0.3 is 0 Å². The molecule has 1 N–H and O–H groups in total. The highest BCUT2D eigenvalue weighted by molar-refractivity contribution is 8.15. The summed E-state index contributed by atoms with van der Waals surface area (Å²) in [5.74, 6) is 0.541. The van der Waals surface area contributed by atoms with Crippen molar-refractivity contribution < 1.29 is 19.1 Å². The second kappa shape index (κ2) is 7.31. The van der Waals surface area contributed by atoms with Gasteiger partial charge in [0.25, 0.3) is 5.24 Å². The molecule has 1 atom stereocenters. The van der Waals surface area contributed by atoms with E-state index in [2.05, 4.69) is 5.32 Å². The predicted octanol–water partition coefficient (Wildman–Crippen LogP) is 2.00. The first-order chi connectivity index (χ1) is 9.69. The van der Waals surface area contributed by atoms with Crippen LogP contribution in [0.2, 0.25) is 0 Å². The first-order valence-electron chi connectivity index (χ1n) is 6.41. The number of hydrogen-bond donors (Lipinski definition) is 1. The Kier molecular flexibility index (Phi) is 5.43. The number of imide groups is 1. The summed E-state index contributed by atoms with van der Waals surface area (Å²) in [7, 11) is 1.68. The monoisotopic (exact) mass is 295 g/mol. The molecule has 1 fully saturated rings. The van der Waals surface area contributed by atoms with Crippen molar-refractivity contribution in [1.29, 1.82) is 0 Å². The van der Waals surface area contributed by atoms with Crippen molar-refractivity contribution in [2.75, 3.05) is 20.3 Å². The average molecular weight is 295 g/mol. The van der Waals surface area contributed by atoms with Crippen molar-refractivity contribution in [3.63, 3.8) is 0 Å². The topological polar surface area (TPSA) is 64.6 Å². The van der Waals surface area contributed by atoms with Crippen LogP contribution in [0, 0.1) is 0 Å². The minimum absolute atomic E-state index is 0.224. The normalized spacial score (nSPS) is 18.1. The van der Waals surface area contributed by atoms with E-state index in [0.717, 1.165) is 23.9 Å². The molecule has 2 amide bonds. The van der Waals surface area contributed by atoms with Crippen LogP contribution in [0.5, 0.6) is 5.75 Å². The largest absolute Gasteiger partial charge is 0.494 e. The fourth-order valence-electron chi connectivity index (χ4n) is 1.84. The van der Waals surface area contributed by atoms with E-state index in [1.165, 1.54) is 5.56 Å². The van der Waals surface area contributed by atoms with E-state index in [1.807, 2.05) is 24.3 Å². The maximum absolute atomic E-state index is 11.4. The third kappa shape index (κ3) is 4.25. The second-order valence-corrected chi connectivity index (χ2v) is 5.58. The van der Waals surface area contributed by atoms with Gasteiger partial charge in [-0.2, -0.15) is 0 Å². The Bertz CT molecular complexity index is 475. The Labute approximate surface area is 122 Å². The van der Waals surface area contributed by atoms with Crippen LogP contribution in [0.4, 0.5) is 4.79 Å². The van der Waals surface area contributed by atoms with Gasteiger partial charge in [0, 0.05) is 13.5 Å². The van der Waals surface area contributed by atoms with Crippen LogP contribution in [0.25, 0.3) is 0 Å². The summed E-state index contributed by atoms with van der Waals surface area (Å²) in [6.45, 7) is 1.11. The van der Waals surface area contributed by atoms with Gasteiger partial charge in [-0.15, -0.1) is 0 Å². The Morgan fingerprint density at radius 1 is 1.20 bits per heavy atom. The van der Waals surface area contributed by atoms with E-state index in [0.29, 0.717) is 19.6 Å². The molecule has 0 aromatic heterocycles. The quantitative estimate of drug-likeness (QED) is 0.833. The molecular formula is C14H17NO4S. The third-order valence-electron chi connectivity index (χ3n) is 2.93. The van der Waals surface area contributed by atoms with E-state index in [1.54, 1.807) is 7.11 Å². The fourth-order valence-corrected chi connectivity index (χ4v) is 2.64. The number of benzene rings is 1. The number of ether oxygens (including phenoxy) is 2. The zero-order valence-electron chi connectivity index (χ0n) is 11.3. The molecule has 2 rings (SSSR count). The van der Waals surface area contributed by atoms with Gasteiger partial charge in [-0.1, -0.05) is 23.9 Å². The summed E-state index contributed by atoms with van der Waals surface area (Å²) >= 11 is 1.03. The predicted molar refractivity (Wildman–Crippen MR) is 77.1 cm³/mol. The van der Waals surface area contributed by atoms with Gasteiger partial charge in [0.05, 0.1) is 18.5 Å². The van der Waals surface area contributed by atoms with Crippen molar-refractivity contribution in [2.24, 2.45) is 0 Å². The first-order valence-corrected chi connectivity index (χ1v) is 7.29. The van der Waals surface area contributed by atoms with Gasteiger partial charge in [-0.25, -0.2) is 0 Å².